The van der Waals surface area contributed by atoms with Crippen molar-refractivity contribution in [2.75, 3.05) is 23.7 Å². The van der Waals surface area contributed by atoms with E-state index in [0.29, 0.717) is 5.92 Å². The molecule has 1 aromatic heterocycles. The van der Waals surface area contributed by atoms with Crippen LogP contribution in [0.2, 0.25) is 0 Å². The minimum Gasteiger partial charge on any atom is -0.370 e. The average Bonchev–Trinajstić information content (AvgIpc) is 3.17. The van der Waals surface area contributed by atoms with Gasteiger partial charge in [-0.3, -0.25) is 0 Å². The van der Waals surface area contributed by atoms with Gasteiger partial charge in [0.2, 0.25) is 0 Å². The molecule has 0 saturated heterocycles. The third kappa shape index (κ3) is 3.62. The molecule has 0 bridgehead atoms. The minimum atomic E-state index is 0.601. The number of aromatic nitrogens is 2. The van der Waals surface area contributed by atoms with Crippen molar-refractivity contribution in [3.8, 4) is 0 Å². The lowest BCUT2D eigenvalue weighted by Gasteiger charge is -2.12. The Hall–Kier alpha value is -1.32. The Morgan fingerprint density at radius 3 is 2.40 bits per heavy atom. The fourth-order valence-electron chi connectivity index (χ4n) is 3.06. The normalized spacial score (nSPS) is 19.2. The first-order chi connectivity index (χ1) is 9.85. The minimum absolute atomic E-state index is 0.601. The molecule has 3 rings (SSSR count). The van der Waals surface area contributed by atoms with Crippen molar-refractivity contribution >= 4 is 11.6 Å². The summed E-state index contributed by atoms with van der Waals surface area (Å²) in [5.74, 6) is 4.51. The van der Waals surface area contributed by atoms with Crippen molar-refractivity contribution in [3.05, 3.63) is 11.9 Å². The molecule has 4 nitrogen and oxygen atoms in total. The molecule has 110 valence electrons. The van der Waals surface area contributed by atoms with Gasteiger partial charge in [-0.1, -0.05) is 25.7 Å². The molecular weight excluding hydrogens is 248 g/mol. The summed E-state index contributed by atoms with van der Waals surface area (Å²) in [5, 5.41) is 6.81. The summed E-state index contributed by atoms with van der Waals surface area (Å²) in [5.41, 5.74) is 0. The summed E-state index contributed by atoms with van der Waals surface area (Å²) in [4.78, 5) is 9.29. The van der Waals surface area contributed by atoms with Gasteiger partial charge in [0.15, 0.2) is 0 Å². The van der Waals surface area contributed by atoms with Gasteiger partial charge in [-0.15, -0.1) is 0 Å². The molecule has 2 fully saturated rings. The molecule has 2 aliphatic carbocycles. The maximum absolute atomic E-state index is 4.68. The molecular formula is C16H26N4. The first-order valence-corrected chi connectivity index (χ1v) is 8.22. The van der Waals surface area contributed by atoms with Crippen LogP contribution >= 0.6 is 0 Å². The number of anilines is 2. The third-order valence-corrected chi connectivity index (χ3v) is 4.38. The quantitative estimate of drug-likeness (QED) is 0.794. The fourth-order valence-corrected chi connectivity index (χ4v) is 3.06. The molecule has 0 unspecified atom stereocenters. The van der Waals surface area contributed by atoms with E-state index in [1.165, 1.54) is 44.9 Å². The Morgan fingerprint density at radius 1 is 1.05 bits per heavy atom. The van der Waals surface area contributed by atoms with Gasteiger partial charge in [0.05, 0.1) is 0 Å². The van der Waals surface area contributed by atoms with Crippen LogP contribution in [0.1, 0.15) is 63.6 Å². The predicted molar refractivity (Wildman–Crippen MR) is 83.2 cm³/mol. The van der Waals surface area contributed by atoms with Crippen LogP contribution in [-0.4, -0.2) is 23.1 Å². The van der Waals surface area contributed by atoms with Crippen LogP contribution in [0, 0.1) is 5.92 Å². The standard InChI is InChI=1S/C16H26N4/c1-2-17-14-11-15(20-16(19-14)13-7-8-13)18-10-9-12-5-3-4-6-12/h11-13H,2-10H2,1H3,(H2,17,18,19,20). The first-order valence-electron chi connectivity index (χ1n) is 8.22. The Morgan fingerprint density at radius 2 is 1.75 bits per heavy atom. The van der Waals surface area contributed by atoms with E-state index in [-0.39, 0.29) is 0 Å². The second-order valence-electron chi connectivity index (χ2n) is 6.17. The molecule has 2 saturated carbocycles. The van der Waals surface area contributed by atoms with Gasteiger partial charge in [0, 0.05) is 25.1 Å². The Kier molecular flexibility index (Phi) is 4.38. The summed E-state index contributed by atoms with van der Waals surface area (Å²) >= 11 is 0. The SMILES string of the molecule is CCNc1cc(NCCC2CCCC2)nc(C2CC2)n1. The number of hydrogen-bond acceptors (Lipinski definition) is 4. The van der Waals surface area contributed by atoms with Crippen LogP contribution in [0.3, 0.4) is 0 Å². The molecule has 0 radical (unpaired) electrons. The molecule has 0 spiro atoms. The summed E-state index contributed by atoms with van der Waals surface area (Å²) < 4.78 is 0. The molecule has 4 heteroatoms. The van der Waals surface area contributed by atoms with E-state index in [0.717, 1.165) is 36.5 Å². The fraction of sp³-hybridized carbons (Fsp3) is 0.750. The maximum atomic E-state index is 4.68. The lowest BCUT2D eigenvalue weighted by atomic mass is 10.0. The van der Waals surface area contributed by atoms with Gasteiger partial charge in [-0.05, 0) is 32.1 Å². The number of nitrogens with zero attached hydrogens (tertiary/aromatic N) is 2. The number of rotatable bonds is 7. The molecule has 0 aliphatic heterocycles. The molecule has 1 heterocycles. The van der Waals surface area contributed by atoms with Crippen LogP contribution in [-0.2, 0) is 0 Å². The molecule has 0 atom stereocenters. The van der Waals surface area contributed by atoms with Crippen LogP contribution in [0.15, 0.2) is 6.07 Å². The largest absolute Gasteiger partial charge is 0.370 e. The van der Waals surface area contributed by atoms with Gasteiger partial charge in [0.1, 0.15) is 17.5 Å². The highest BCUT2D eigenvalue weighted by molar-refractivity contribution is 5.48. The summed E-state index contributed by atoms with van der Waals surface area (Å²) in [6.45, 7) is 4.05. The zero-order chi connectivity index (χ0) is 13.8. The van der Waals surface area contributed by atoms with Crippen molar-refractivity contribution in [2.24, 2.45) is 5.92 Å². The summed E-state index contributed by atoms with van der Waals surface area (Å²) in [6.07, 6.45) is 9.46. The second-order valence-corrected chi connectivity index (χ2v) is 6.17. The zero-order valence-corrected chi connectivity index (χ0v) is 12.5. The number of nitrogens with one attached hydrogen (secondary N) is 2. The molecule has 0 amide bonds. The van der Waals surface area contributed by atoms with Gasteiger partial charge < -0.3 is 10.6 Å². The lowest BCUT2D eigenvalue weighted by Crippen LogP contribution is -2.10. The highest BCUT2D eigenvalue weighted by atomic mass is 15.1. The Bertz CT molecular complexity index is 436. The van der Waals surface area contributed by atoms with E-state index >= 15 is 0 Å². The average molecular weight is 274 g/mol. The monoisotopic (exact) mass is 274 g/mol. The maximum Gasteiger partial charge on any atom is 0.136 e. The molecule has 2 aliphatic rings. The Labute approximate surface area is 121 Å². The molecule has 1 aromatic rings. The van der Waals surface area contributed by atoms with Gasteiger partial charge in [-0.25, -0.2) is 9.97 Å². The van der Waals surface area contributed by atoms with Crippen LogP contribution < -0.4 is 10.6 Å². The number of hydrogen-bond donors (Lipinski definition) is 2. The molecule has 2 N–H and O–H groups in total. The van der Waals surface area contributed by atoms with Gasteiger partial charge in [-0.2, -0.15) is 0 Å². The predicted octanol–water partition coefficient (Wildman–Crippen LogP) is 3.78. The van der Waals surface area contributed by atoms with Crippen molar-refractivity contribution < 1.29 is 0 Å². The van der Waals surface area contributed by atoms with Crippen molar-refractivity contribution in [1.29, 1.82) is 0 Å². The van der Waals surface area contributed by atoms with E-state index in [1.54, 1.807) is 0 Å². The topological polar surface area (TPSA) is 49.8 Å². The van der Waals surface area contributed by atoms with Crippen molar-refractivity contribution in [2.45, 2.75) is 57.8 Å². The molecule has 20 heavy (non-hydrogen) atoms. The van der Waals surface area contributed by atoms with Crippen molar-refractivity contribution in [1.82, 2.24) is 9.97 Å². The van der Waals surface area contributed by atoms with Crippen LogP contribution in [0.4, 0.5) is 11.6 Å². The van der Waals surface area contributed by atoms with Crippen LogP contribution in [0.5, 0.6) is 0 Å². The van der Waals surface area contributed by atoms with E-state index in [2.05, 4.69) is 27.5 Å². The van der Waals surface area contributed by atoms with Gasteiger partial charge in [0.25, 0.3) is 0 Å². The van der Waals surface area contributed by atoms with E-state index in [1.807, 2.05) is 6.07 Å². The smallest absolute Gasteiger partial charge is 0.136 e. The first kappa shape index (κ1) is 13.7. The van der Waals surface area contributed by atoms with E-state index in [4.69, 9.17) is 0 Å². The van der Waals surface area contributed by atoms with E-state index in [9.17, 15) is 0 Å². The zero-order valence-electron chi connectivity index (χ0n) is 12.5. The summed E-state index contributed by atoms with van der Waals surface area (Å²) in [6, 6.07) is 2.05. The molecule has 0 aromatic carbocycles. The second kappa shape index (κ2) is 6.42. The van der Waals surface area contributed by atoms with Crippen molar-refractivity contribution in [3.63, 3.8) is 0 Å². The summed E-state index contributed by atoms with van der Waals surface area (Å²) in [7, 11) is 0. The lowest BCUT2D eigenvalue weighted by molar-refractivity contribution is 0.518. The highest BCUT2D eigenvalue weighted by Crippen LogP contribution is 2.38. The highest BCUT2D eigenvalue weighted by Gasteiger charge is 2.27. The van der Waals surface area contributed by atoms with Crippen LogP contribution in [0.25, 0.3) is 0 Å². The van der Waals surface area contributed by atoms with E-state index < -0.39 is 0 Å². The van der Waals surface area contributed by atoms with Gasteiger partial charge >= 0.3 is 0 Å². The third-order valence-electron chi connectivity index (χ3n) is 4.38. The Balaban J connectivity index is 1.58.